The molecule has 0 spiro atoms. The molecule has 24 heavy (non-hydrogen) atoms. The third-order valence-electron chi connectivity index (χ3n) is 3.21. The second-order valence-corrected chi connectivity index (χ2v) is 5.59. The SMILES string of the molecule is CCC(C)(C)C(=O)OCCOC(=O)C(F)(F)CC(F)(F)C(=O)OC. The first-order valence-corrected chi connectivity index (χ1v) is 6.98. The molecule has 0 saturated carbocycles. The van der Waals surface area contributed by atoms with Crippen LogP contribution in [0.4, 0.5) is 17.6 Å². The van der Waals surface area contributed by atoms with Gasteiger partial charge in [-0.15, -0.1) is 0 Å². The van der Waals surface area contributed by atoms with E-state index < -0.39 is 54.8 Å². The molecule has 0 aromatic carbocycles. The number of hydrogen-bond donors (Lipinski definition) is 0. The Kier molecular flexibility index (Phi) is 7.65. The lowest BCUT2D eigenvalue weighted by atomic mass is 9.91. The van der Waals surface area contributed by atoms with E-state index in [0.29, 0.717) is 13.5 Å². The molecule has 0 atom stereocenters. The van der Waals surface area contributed by atoms with Gasteiger partial charge in [0.05, 0.1) is 18.9 Å². The zero-order chi connectivity index (χ0) is 19.2. The Morgan fingerprint density at radius 3 is 1.67 bits per heavy atom. The molecular weight excluding hydrogens is 340 g/mol. The average molecular weight is 360 g/mol. The molecule has 0 heterocycles. The van der Waals surface area contributed by atoms with Crippen molar-refractivity contribution in [1.29, 1.82) is 0 Å². The van der Waals surface area contributed by atoms with Crippen molar-refractivity contribution in [3.05, 3.63) is 0 Å². The highest BCUT2D eigenvalue weighted by molar-refractivity contribution is 5.82. The number of methoxy groups -OCH3 is 1. The van der Waals surface area contributed by atoms with Crippen LogP contribution in [0.1, 0.15) is 33.6 Å². The first kappa shape index (κ1) is 22.1. The van der Waals surface area contributed by atoms with Crippen LogP contribution < -0.4 is 0 Å². The van der Waals surface area contributed by atoms with Crippen molar-refractivity contribution in [1.82, 2.24) is 0 Å². The number of ether oxygens (including phenoxy) is 3. The molecule has 10 heteroatoms. The van der Waals surface area contributed by atoms with Gasteiger partial charge in [0.1, 0.15) is 13.2 Å². The second-order valence-electron chi connectivity index (χ2n) is 5.59. The number of halogens is 4. The maximum atomic E-state index is 13.4. The number of esters is 3. The Bertz CT molecular complexity index is 476. The molecule has 0 bridgehead atoms. The fourth-order valence-electron chi connectivity index (χ4n) is 1.29. The van der Waals surface area contributed by atoms with Gasteiger partial charge in [-0.05, 0) is 20.3 Å². The summed E-state index contributed by atoms with van der Waals surface area (Å²) in [5, 5.41) is 0. The predicted molar refractivity (Wildman–Crippen MR) is 72.5 cm³/mol. The maximum absolute atomic E-state index is 13.4. The van der Waals surface area contributed by atoms with Gasteiger partial charge in [0, 0.05) is 0 Å². The molecule has 0 amide bonds. The van der Waals surface area contributed by atoms with Crippen molar-refractivity contribution in [3.63, 3.8) is 0 Å². The minimum Gasteiger partial charge on any atom is -0.465 e. The van der Waals surface area contributed by atoms with Gasteiger partial charge in [-0.3, -0.25) is 4.79 Å². The Hall–Kier alpha value is -1.87. The van der Waals surface area contributed by atoms with E-state index >= 15 is 0 Å². The van der Waals surface area contributed by atoms with Crippen LogP contribution in [0.25, 0.3) is 0 Å². The minimum absolute atomic E-state index is 0.465. The summed E-state index contributed by atoms with van der Waals surface area (Å²) in [6.07, 6.45) is -1.92. The van der Waals surface area contributed by atoms with Gasteiger partial charge in [0.15, 0.2) is 0 Å². The van der Waals surface area contributed by atoms with Crippen molar-refractivity contribution in [2.45, 2.75) is 45.5 Å². The topological polar surface area (TPSA) is 78.9 Å². The molecule has 0 aliphatic heterocycles. The molecule has 0 N–H and O–H groups in total. The molecule has 0 aromatic rings. The van der Waals surface area contributed by atoms with Gasteiger partial charge in [0.25, 0.3) is 0 Å². The van der Waals surface area contributed by atoms with Gasteiger partial charge in [-0.25, -0.2) is 9.59 Å². The summed E-state index contributed by atoms with van der Waals surface area (Å²) in [5.41, 5.74) is -0.795. The third kappa shape index (κ3) is 6.32. The molecule has 0 rings (SSSR count). The Labute approximate surface area is 136 Å². The lowest BCUT2D eigenvalue weighted by Crippen LogP contribution is -2.42. The molecular formula is C14H20F4O6. The molecule has 0 unspecified atom stereocenters. The van der Waals surface area contributed by atoms with Crippen LogP contribution in [0.3, 0.4) is 0 Å². The van der Waals surface area contributed by atoms with Crippen molar-refractivity contribution >= 4 is 17.9 Å². The van der Waals surface area contributed by atoms with Crippen molar-refractivity contribution < 1.29 is 46.2 Å². The van der Waals surface area contributed by atoms with Gasteiger partial charge in [-0.2, -0.15) is 17.6 Å². The minimum atomic E-state index is -4.61. The van der Waals surface area contributed by atoms with Gasteiger partial charge >= 0.3 is 29.8 Å². The van der Waals surface area contributed by atoms with E-state index in [1.807, 2.05) is 0 Å². The standard InChI is InChI=1S/C14H20F4O6/c1-5-12(2,3)9(19)23-6-7-24-11(21)14(17,18)8-13(15,16)10(20)22-4/h5-8H2,1-4H3. The van der Waals surface area contributed by atoms with Crippen molar-refractivity contribution in [3.8, 4) is 0 Å². The van der Waals surface area contributed by atoms with Crippen LogP contribution in [0.5, 0.6) is 0 Å². The van der Waals surface area contributed by atoms with E-state index in [1.54, 1.807) is 20.8 Å². The Morgan fingerprint density at radius 2 is 1.25 bits per heavy atom. The summed E-state index contributed by atoms with van der Waals surface area (Å²) in [7, 11) is 0.596. The number of rotatable bonds is 9. The highest BCUT2D eigenvalue weighted by Gasteiger charge is 2.54. The van der Waals surface area contributed by atoms with E-state index in [-0.39, 0.29) is 0 Å². The molecule has 0 aromatic heterocycles. The monoisotopic (exact) mass is 360 g/mol. The van der Waals surface area contributed by atoms with Crippen molar-refractivity contribution in [2.24, 2.45) is 5.41 Å². The fraction of sp³-hybridized carbons (Fsp3) is 0.786. The van der Waals surface area contributed by atoms with E-state index in [4.69, 9.17) is 4.74 Å². The van der Waals surface area contributed by atoms with Crippen LogP contribution in [-0.2, 0) is 28.6 Å². The first-order valence-electron chi connectivity index (χ1n) is 6.98. The summed E-state index contributed by atoms with van der Waals surface area (Å²) < 4.78 is 65.5. The summed E-state index contributed by atoms with van der Waals surface area (Å²) in [4.78, 5) is 33.4. The highest BCUT2D eigenvalue weighted by Crippen LogP contribution is 2.32. The number of alkyl halides is 4. The Balaban J connectivity index is 4.46. The molecule has 0 fully saturated rings. The van der Waals surface area contributed by atoms with E-state index in [2.05, 4.69) is 9.47 Å². The zero-order valence-electron chi connectivity index (χ0n) is 13.8. The van der Waals surface area contributed by atoms with Gasteiger partial charge in [0.2, 0.25) is 0 Å². The van der Waals surface area contributed by atoms with Crippen LogP contribution in [0.2, 0.25) is 0 Å². The molecule has 0 aliphatic carbocycles. The lowest BCUT2D eigenvalue weighted by molar-refractivity contribution is -0.196. The Morgan fingerprint density at radius 1 is 0.833 bits per heavy atom. The quantitative estimate of drug-likeness (QED) is 0.272. The zero-order valence-corrected chi connectivity index (χ0v) is 13.8. The first-order chi connectivity index (χ1) is 10.8. The number of hydrogen-bond acceptors (Lipinski definition) is 6. The van der Waals surface area contributed by atoms with E-state index in [0.717, 1.165) is 0 Å². The van der Waals surface area contributed by atoms with Crippen LogP contribution in [0.15, 0.2) is 0 Å². The lowest BCUT2D eigenvalue weighted by Gasteiger charge is -2.21. The summed E-state index contributed by atoms with van der Waals surface area (Å²) in [5.74, 6) is -14.2. The largest absolute Gasteiger partial charge is 0.465 e. The van der Waals surface area contributed by atoms with Crippen LogP contribution in [-0.4, -0.2) is 50.1 Å². The third-order valence-corrected chi connectivity index (χ3v) is 3.21. The maximum Gasteiger partial charge on any atom is 0.377 e. The van der Waals surface area contributed by atoms with Crippen molar-refractivity contribution in [2.75, 3.05) is 20.3 Å². The smallest absolute Gasteiger partial charge is 0.377 e. The van der Waals surface area contributed by atoms with E-state index in [9.17, 15) is 31.9 Å². The predicted octanol–water partition coefficient (Wildman–Crippen LogP) is 2.34. The number of carbonyl (C=O) groups excluding carboxylic acids is 3. The van der Waals surface area contributed by atoms with Crippen LogP contribution in [0, 0.1) is 5.41 Å². The van der Waals surface area contributed by atoms with Gasteiger partial charge < -0.3 is 14.2 Å². The molecule has 0 saturated heterocycles. The molecule has 140 valence electrons. The summed E-state index contributed by atoms with van der Waals surface area (Å²) in [6, 6.07) is 0. The van der Waals surface area contributed by atoms with E-state index in [1.165, 1.54) is 0 Å². The van der Waals surface area contributed by atoms with Gasteiger partial charge in [-0.1, -0.05) is 6.92 Å². The van der Waals surface area contributed by atoms with Crippen LogP contribution >= 0.6 is 0 Å². The second kappa shape index (κ2) is 8.29. The average Bonchev–Trinajstić information content (AvgIpc) is 2.48. The number of carbonyl (C=O) groups is 3. The summed E-state index contributed by atoms with van der Waals surface area (Å²) >= 11 is 0. The summed E-state index contributed by atoms with van der Waals surface area (Å²) in [6.45, 7) is 3.71. The molecule has 6 nitrogen and oxygen atoms in total. The fourth-order valence-corrected chi connectivity index (χ4v) is 1.29. The molecule has 0 aliphatic rings. The highest BCUT2D eigenvalue weighted by atomic mass is 19.3. The molecule has 0 radical (unpaired) electrons. The normalized spacial score (nSPS) is 12.5.